The minimum absolute atomic E-state index is 0.438. The van der Waals surface area contributed by atoms with Crippen LogP contribution in [0, 0.1) is 5.41 Å². The minimum atomic E-state index is 0.438. The number of piperidine rings is 1. The topological polar surface area (TPSA) is 58.8 Å². The molecule has 0 N–H and O–H groups in total. The molecule has 2 fully saturated rings. The van der Waals surface area contributed by atoms with Crippen molar-refractivity contribution in [3.8, 4) is 17.0 Å². The molecule has 4 heterocycles. The second-order valence-electron chi connectivity index (χ2n) is 8.22. The SMILES string of the molecule is COc1ccc(-c2cc(N3CCC4(CCN(C)CC4)C3)c3nncn3n2)cc1. The number of fused-ring (bicyclic) bond motifs is 1. The number of hydrogen-bond acceptors (Lipinski definition) is 6. The Morgan fingerprint density at radius 1 is 1.04 bits per heavy atom. The van der Waals surface area contributed by atoms with Gasteiger partial charge in [-0.2, -0.15) is 9.61 Å². The zero-order valence-electron chi connectivity index (χ0n) is 16.5. The fourth-order valence-electron chi connectivity index (χ4n) is 4.59. The van der Waals surface area contributed by atoms with Gasteiger partial charge in [-0.25, -0.2) is 0 Å². The van der Waals surface area contributed by atoms with Crippen molar-refractivity contribution in [2.75, 3.05) is 45.2 Å². The zero-order valence-corrected chi connectivity index (χ0v) is 16.5. The van der Waals surface area contributed by atoms with Crippen molar-refractivity contribution in [2.45, 2.75) is 19.3 Å². The Morgan fingerprint density at radius 3 is 2.54 bits per heavy atom. The Morgan fingerprint density at radius 2 is 1.79 bits per heavy atom. The number of methoxy groups -OCH3 is 1. The van der Waals surface area contributed by atoms with E-state index in [1.54, 1.807) is 18.0 Å². The maximum atomic E-state index is 5.28. The summed E-state index contributed by atoms with van der Waals surface area (Å²) in [5.41, 5.74) is 4.39. The maximum absolute atomic E-state index is 5.28. The Hall–Kier alpha value is -2.67. The van der Waals surface area contributed by atoms with Crippen LogP contribution in [0.2, 0.25) is 0 Å². The van der Waals surface area contributed by atoms with E-state index in [0.717, 1.165) is 41.4 Å². The largest absolute Gasteiger partial charge is 0.497 e. The second-order valence-corrected chi connectivity index (χ2v) is 8.22. The Balaban J connectivity index is 1.49. The Labute approximate surface area is 164 Å². The van der Waals surface area contributed by atoms with Gasteiger partial charge >= 0.3 is 0 Å². The van der Waals surface area contributed by atoms with Gasteiger partial charge in [0.05, 0.1) is 18.5 Å². The second kappa shape index (κ2) is 6.74. The van der Waals surface area contributed by atoms with E-state index in [1.807, 2.05) is 24.3 Å². The van der Waals surface area contributed by atoms with Gasteiger partial charge in [-0.15, -0.1) is 10.2 Å². The van der Waals surface area contributed by atoms with Crippen LogP contribution in [-0.2, 0) is 0 Å². The summed E-state index contributed by atoms with van der Waals surface area (Å²) in [6, 6.07) is 10.2. The summed E-state index contributed by atoms with van der Waals surface area (Å²) in [6.07, 6.45) is 5.49. The van der Waals surface area contributed by atoms with Gasteiger partial charge < -0.3 is 14.5 Å². The summed E-state index contributed by atoms with van der Waals surface area (Å²) in [5, 5.41) is 13.2. The van der Waals surface area contributed by atoms with Crippen molar-refractivity contribution < 1.29 is 4.74 Å². The lowest BCUT2D eigenvalue weighted by Gasteiger charge is -2.37. The van der Waals surface area contributed by atoms with E-state index in [0.29, 0.717) is 5.41 Å². The number of anilines is 1. The molecular formula is C21H26N6O. The molecule has 0 bridgehead atoms. The van der Waals surface area contributed by atoms with Gasteiger partial charge in [0.1, 0.15) is 12.1 Å². The van der Waals surface area contributed by atoms with Crippen LogP contribution in [0.3, 0.4) is 0 Å². The molecule has 146 valence electrons. The third kappa shape index (κ3) is 2.99. The molecule has 1 aromatic carbocycles. The van der Waals surface area contributed by atoms with Crippen LogP contribution >= 0.6 is 0 Å². The van der Waals surface area contributed by atoms with Crippen LogP contribution in [0.4, 0.5) is 5.69 Å². The highest BCUT2D eigenvalue weighted by atomic mass is 16.5. The quantitative estimate of drug-likeness (QED) is 0.698. The van der Waals surface area contributed by atoms with Crippen molar-refractivity contribution in [3.05, 3.63) is 36.7 Å². The van der Waals surface area contributed by atoms with Crippen molar-refractivity contribution >= 4 is 11.3 Å². The summed E-state index contributed by atoms with van der Waals surface area (Å²) in [5.74, 6) is 0.845. The normalized spacial score (nSPS) is 19.6. The molecule has 0 saturated carbocycles. The lowest BCUT2D eigenvalue weighted by atomic mass is 9.78. The van der Waals surface area contributed by atoms with E-state index in [2.05, 4.69) is 33.1 Å². The maximum Gasteiger partial charge on any atom is 0.200 e. The van der Waals surface area contributed by atoms with Gasteiger partial charge in [-0.3, -0.25) is 0 Å². The van der Waals surface area contributed by atoms with E-state index >= 15 is 0 Å². The number of ether oxygens (including phenoxy) is 1. The van der Waals surface area contributed by atoms with Crippen molar-refractivity contribution in [2.24, 2.45) is 5.41 Å². The van der Waals surface area contributed by atoms with Crippen LogP contribution in [0.5, 0.6) is 5.75 Å². The van der Waals surface area contributed by atoms with Crippen LogP contribution in [0.1, 0.15) is 19.3 Å². The standard InChI is InChI=1S/C21H26N6O/c1-25-10-7-21(8-11-25)9-12-26(14-21)19-13-18(24-27-15-22-23-20(19)27)16-3-5-17(28-2)6-4-16/h3-6,13,15H,7-12,14H2,1-2H3. The minimum Gasteiger partial charge on any atom is -0.497 e. The Bertz CT molecular complexity index is 974. The van der Waals surface area contributed by atoms with Gasteiger partial charge in [0.15, 0.2) is 0 Å². The number of likely N-dealkylation sites (tertiary alicyclic amines) is 1. The molecule has 5 rings (SSSR count). The molecule has 2 saturated heterocycles. The molecule has 0 aliphatic carbocycles. The van der Waals surface area contributed by atoms with E-state index in [9.17, 15) is 0 Å². The van der Waals surface area contributed by atoms with Crippen LogP contribution < -0.4 is 9.64 Å². The molecule has 2 aliphatic rings. The predicted molar refractivity (Wildman–Crippen MR) is 109 cm³/mol. The van der Waals surface area contributed by atoms with Gasteiger partial charge in [-0.05, 0) is 75.1 Å². The van der Waals surface area contributed by atoms with Gasteiger partial charge in [0.2, 0.25) is 5.65 Å². The summed E-state index contributed by atoms with van der Waals surface area (Å²) in [6.45, 7) is 4.55. The lowest BCUT2D eigenvalue weighted by Crippen LogP contribution is -2.39. The molecule has 0 unspecified atom stereocenters. The highest BCUT2D eigenvalue weighted by Gasteiger charge is 2.40. The number of rotatable bonds is 3. The number of nitrogens with zero attached hydrogens (tertiary/aromatic N) is 6. The number of benzene rings is 1. The van der Waals surface area contributed by atoms with Gasteiger partial charge in [0, 0.05) is 18.7 Å². The summed E-state index contributed by atoms with van der Waals surface area (Å²) < 4.78 is 7.08. The molecule has 2 aliphatic heterocycles. The molecule has 3 aromatic rings. The molecular weight excluding hydrogens is 352 g/mol. The molecule has 7 heteroatoms. The highest BCUT2D eigenvalue weighted by molar-refractivity contribution is 5.74. The van der Waals surface area contributed by atoms with Crippen LogP contribution in [0.15, 0.2) is 36.7 Å². The first-order chi connectivity index (χ1) is 13.7. The molecule has 1 spiro atoms. The summed E-state index contributed by atoms with van der Waals surface area (Å²) in [7, 11) is 3.91. The van der Waals surface area contributed by atoms with Gasteiger partial charge in [-0.1, -0.05) is 0 Å². The number of aromatic nitrogens is 4. The molecule has 0 radical (unpaired) electrons. The van der Waals surface area contributed by atoms with Crippen molar-refractivity contribution in [1.82, 2.24) is 24.7 Å². The molecule has 7 nitrogen and oxygen atoms in total. The van der Waals surface area contributed by atoms with E-state index in [1.165, 1.54) is 32.4 Å². The first-order valence-corrected chi connectivity index (χ1v) is 9.95. The smallest absolute Gasteiger partial charge is 0.200 e. The highest BCUT2D eigenvalue weighted by Crippen LogP contribution is 2.42. The van der Waals surface area contributed by atoms with Crippen LogP contribution in [-0.4, -0.2) is 65.0 Å². The first kappa shape index (κ1) is 17.4. The average Bonchev–Trinajstić information content (AvgIpc) is 3.37. The Kier molecular flexibility index (Phi) is 4.19. The molecule has 2 aromatic heterocycles. The van der Waals surface area contributed by atoms with Crippen LogP contribution in [0.25, 0.3) is 16.9 Å². The molecule has 28 heavy (non-hydrogen) atoms. The molecule has 0 atom stereocenters. The van der Waals surface area contributed by atoms with Crippen molar-refractivity contribution in [1.29, 1.82) is 0 Å². The fourth-order valence-corrected chi connectivity index (χ4v) is 4.59. The average molecular weight is 378 g/mol. The van der Waals surface area contributed by atoms with E-state index < -0.39 is 0 Å². The van der Waals surface area contributed by atoms with Gasteiger partial charge in [0.25, 0.3) is 0 Å². The van der Waals surface area contributed by atoms with E-state index in [4.69, 9.17) is 9.84 Å². The number of hydrogen-bond donors (Lipinski definition) is 0. The van der Waals surface area contributed by atoms with E-state index in [-0.39, 0.29) is 0 Å². The monoisotopic (exact) mass is 378 g/mol. The first-order valence-electron chi connectivity index (χ1n) is 9.95. The fraction of sp³-hybridized carbons (Fsp3) is 0.476. The summed E-state index contributed by atoms with van der Waals surface area (Å²) in [4.78, 5) is 4.93. The zero-order chi connectivity index (χ0) is 19.1. The van der Waals surface area contributed by atoms with Crippen molar-refractivity contribution in [3.63, 3.8) is 0 Å². The molecule has 0 amide bonds. The summed E-state index contributed by atoms with van der Waals surface area (Å²) >= 11 is 0. The predicted octanol–water partition coefficient (Wildman–Crippen LogP) is 2.72. The third-order valence-corrected chi connectivity index (χ3v) is 6.46. The lowest BCUT2D eigenvalue weighted by molar-refractivity contribution is 0.142. The third-order valence-electron chi connectivity index (χ3n) is 6.46.